The van der Waals surface area contributed by atoms with Gasteiger partial charge < -0.3 is 10.8 Å². The van der Waals surface area contributed by atoms with Gasteiger partial charge in [0.1, 0.15) is 6.04 Å². The van der Waals surface area contributed by atoms with Crippen molar-refractivity contribution in [2.75, 3.05) is 19.6 Å². The molecule has 70 valence electrons. The van der Waals surface area contributed by atoms with Crippen molar-refractivity contribution in [2.24, 2.45) is 11.7 Å². The molecule has 12 heavy (non-hydrogen) atoms. The predicted octanol–water partition coefficient (Wildman–Crippen LogP) is -0.260. The van der Waals surface area contributed by atoms with Gasteiger partial charge in [-0.05, 0) is 18.9 Å². The summed E-state index contributed by atoms with van der Waals surface area (Å²) < 4.78 is 0. The van der Waals surface area contributed by atoms with Gasteiger partial charge in [0.25, 0.3) is 0 Å². The van der Waals surface area contributed by atoms with Gasteiger partial charge in [0, 0.05) is 13.1 Å². The molecule has 4 heteroatoms. The third-order valence-electron chi connectivity index (χ3n) is 2.47. The second-order valence-electron chi connectivity index (χ2n) is 3.37. The molecular formula is C8H16N2O2. The molecule has 0 aliphatic carbocycles. The number of hydrogen-bond donors (Lipinski definition) is 2. The molecule has 2 unspecified atom stereocenters. The first-order valence-electron chi connectivity index (χ1n) is 4.33. The quantitative estimate of drug-likeness (QED) is 0.615. The van der Waals surface area contributed by atoms with Crippen LogP contribution >= 0.6 is 0 Å². The van der Waals surface area contributed by atoms with Gasteiger partial charge in [-0.1, -0.05) is 6.92 Å². The summed E-state index contributed by atoms with van der Waals surface area (Å²) in [7, 11) is 0. The van der Waals surface area contributed by atoms with E-state index in [4.69, 9.17) is 10.8 Å². The molecule has 0 spiro atoms. The van der Waals surface area contributed by atoms with Crippen LogP contribution < -0.4 is 5.73 Å². The standard InChI is InChI=1S/C8H16N2O2/c1-6-2-4-10(5-3-9)7(6)8(11)12/h6-7H,2-5,9H2,1H3,(H,11,12). The lowest BCUT2D eigenvalue weighted by Crippen LogP contribution is -2.41. The number of carboxylic acids is 1. The molecule has 1 heterocycles. The third kappa shape index (κ3) is 1.76. The fourth-order valence-corrected chi connectivity index (χ4v) is 1.84. The van der Waals surface area contributed by atoms with Gasteiger partial charge in [-0.3, -0.25) is 9.69 Å². The van der Waals surface area contributed by atoms with Crippen LogP contribution in [0.4, 0.5) is 0 Å². The van der Waals surface area contributed by atoms with Gasteiger partial charge in [-0.25, -0.2) is 0 Å². The van der Waals surface area contributed by atoms with E-state index in [1.807, 2.05) is 11.8 Å². The Hall–Kier alpha value is -0.610. The molecule has 3 N–H and O–H groups in total. The second-order valence-corrected chi connectivity index (χ2v) is 3.37. The summed E-state index contributed by atoms with van der Waals surface area (Å²) in [5.41, 5.74) is 5.38. The van der Waals surface area contributed by atoms with Gasteiger partial charge in [-0.2, -0.15) is 0 Å². The molecule has 0 aromatic rings. The highest BCUT2D eigenvalue weighted by Crippen LogP contribution is 2.23. The zero-order valence-electron chi connectivity index (χ0n) is 7.36. The number of likely N-dealkylation sites (tertiary alicyclic amines) is 1. The van der Waals surface area contributed by atoms with E-state index in [-0.39, 0.29) is 12.0 Å². The maximum absolute atomic E-state index is 10.8. The van der Waals surface area contributed by atoms with Crippen LogP contribution in [0, 0.1) is 5.92 Å². The largest absolute Gasteiger partial charge is 0.480 e. The molecule has 0 radical (unpaired) electrons. The molecule has 0 aromatic carbocycles. The second kappa shape index (κ2) is 3.87. The van der Waals surface area contributed by atoms with Crippen molar-refractivity contribution in [1.29, 1.82) is 0 Å². The minimum absolute atomic E-state index is 0.258. The first kappa shape index (κ1) is 9.48. The molecule has 1 aliphatic heterocycles. The van der Waals surface area contributed by atoms with Crippen LogP contribution in [0.3, 0.4) is 0 Å². The summed E-state index contributed by atoms with van der Waals surface area (Å²) in [5.74, 6) is -0.456. The fourth-order valence-electron chi connectivity index (χ4n) is 1.84. The molecule has 0 amide bonds. The van der Waals surface area contributed by atoms with Crippen molar-refractivity contribution < 1.29 is 9.90 Å². The summed E-state index contributed by atoms with van der Waals surface area (Å²) in [5, 5.41) is 8.90. The van der Waals surface area contributed by atoms with E-state index < -0.39 is 5.97 Å². The molecule has 1 aliphatic rings. The predicted molar refractivity (Wildman–Crippen MR) is 45.8 cm³/mol. The maximum atomic E-state index is 10.8. The highest BCUT2D eigenvalue weighted by atomic mass is 16.4. The lowest BCUT2D eigenvalue weighted by Gasteiger charge is -2.21. The minimum atomic E-state index is -0.714. The molecule has 1 saturated heterocycles. The van der Waals surface area contributed by atoms with E-state index in [0.717, 1.165) is 13.0 Å². The molecule has 1 rings (SSSR count). The summed E-state index contributed by atoms with van der Waals surface area (Å²) in [6.07, 6.45) is 0.969. The Bertz CT molecular complexity index is 170. The van der Waals surface area contributed by atoms with Crippen LogP contribution in [0.15, 0.2) is 0 Å². The Morgan fingerprint density at radius 1 is 1.75 bits per heavy atom. The van der Waals surface area contributed by atoms with E-state index in [9.17, 15) is 4.79 Å². The van der Waals surface area contributed by atoms with Gasteiger partial charge in [0.2, 0.25) is 0 Å². The van der Waals surface area contributed by atoms with Crippen molar-refractivity contribution in [2.45, 2.75) is 19.4 Å². The van der Waals surface area contributed by atoms with Gasteiger partial charge in [0.05, 0.1) is 0 Å². The molecule has 0 saturated carbocycles. The number of rotatable bonds is 3. The van der Waals surface area contributed by atoms with E-state index in [1.54, 1.807) is 0 Å². The molecule has 0 bridgehead atoms. The number of hydrogen-bond acceptors (Lipinski definition) is 3. The van der Waals surface area contributed by atoms with E-state index in [0.29, 0.717) is 13.1 Å². The lowest BCUT2D eigenvalue weighted by atomic mass is 10.0. The van der Waals surface area contributed by atoms with Crippen LogP contribution in [0.25, 0.3) is 0 Å². The number of carbonyl (C=O) groups is 1. The van der Waals surface area contributed by atoms with Gasteiger partial charge in [0.15, 0.2) is 0 Å². The van der Waals surface area contributed by atoms with E-state index >= 15 is 0 Å². The SMILES string of the molecule is CC1CCN(CCN)C1C(=O)O. The molecule has 4 nitrogen and oxygen atoms in total. The average molecular weight is 172 g/mol. The van der Waals surface area contributed by atoms with Crippen molar-refractivity contribution in [3.8, 4) is 0 Å². The van der Waals surface area contributed by atoms with Crippen molar-refractivity contribution in [3.63, 3.8) is 0 Å². The Morgan fingerprint density at radius 3 is 2.92 bits per heavy atom. The topological polar surface area (TPSA) is 66.6 Å². The number of nitrogens with zero attached hydrogens (tertiary/aromatic N) is 1. The third-order valence-corrected chi connectivity index (χ3v) is 2.47. The lowest BCUT2D eigenvalue weighted by molar-refractivity contribution is -0.143. The smallest absolute Gasteiger partial charge is 0.321 e. The molecular weight excluding hydrogens is 156 g/mol. The zero-order valence-corrected chi connectivity index (χ0v) is 7.36. The fraction of sp³-hybridized carbons (Fsp3) is 0.875. The van der Waals surface area contributed by atoms with Crippen molar-refractivity contribution in [1.82, 2.24) is 4.90 Å². The van der Waals surface area contributed by atoms with Gasteiger partial charge in [-0.15, -0.1) is 0 Å². The average Bonchev–Trinajstić information content (AvgIpc) is 2.32. The summed E-state index contributed by atoms with van der Waals surface area (Å²) in [4.78, 5) is 12.8. The highest BCUT2D eigenvalue weighted by Gasteiger charge is 2.35. The molecule has 2 atom stereocenters. The van der Waals surface area contributed by atoms with Crippen LogP contribution in [0.2, 0.25) is 0 Å². The van der Waals surface area contributed by atoms with E-state index in [2.05, 4.69) is 0 Å². The van der Waals surface area contributed by atoms with Crippen LogP contribution in [0.5, 0.6) is 0 Å². The molecule has 0 aromatic heterocycles. The summed E-state index contributed by atoms with van der Waals surface area (Å²) >= 11 is 0. The Morgan fingerprint density at radius 2 is 2.42 bits per heavy atom. The first-order chi connectivity index (χ1) is 5.66. The number of nitrogens with two attached hydrogens (primary N) is 1. The summed E-state index contributed by atoms with van der Waals surface area (Å²) in [6, 6.07) is -0.312. The Labute approximate surface area is 72.3 Å². The van der Waals surface area contributed by atoms with E-state index in [1.165, 1.54) is 0 Å². The Kier molecular flexibility index (Phi) is 3.05. The van der Waals surface area contributed by atoms with Crippen molar-refractivity contribution >= 4 is 5.97 Å². The minimum Gasteiger partial charge on any atom is -0.480 e. The normalized spacial score (nSPS) is 30.8. The molecule has 1 fully saturated rings. The first-order valence-corrected chi connectivity index (χ1v) is 4.33. The zero-order chi connectivity index (χ0) is 9.14. The number of aliphatic carboxylic acids is 1. The van der Waals surface area contributed by atoms with Crippen molar-refractivity contribution in [3.05, 3.63) is 0 Å². The van der Waals surface area contributed by atoms with Crippen LogP contribution in [0.1, 0.15) is 13.3 Å². The van der Waals surface area contributed by atoms with Crippen LogP contribution in [-0.2, 0) is 4.79 Å². The number of carboxylic acid groups (broad SMARTS) is 1. The summed E-state index contributed by atoms with van der Waals surface area (Å²) in [6.45, 7) is 4.09. The maximum Gasteiger partial charge on any atom is 0.321 e. The monoisotopic (exact) mass is 172 g/mol. The highest BCUT2D eigenvalue weighted by molar-refractivity contribution is 5.74. The van der Waals surface area contributed by atoms with Gasteiger partial charge >= 0.3 is 5.97 Å². The van der Waals surface area contributed by atoms with Crippen LogP contribution in [-0.4, -0.2) is 41.7 Å². The Balaban J connectivity index is 2.57.